The van der Waals surface area contributed by atoms with E-state index in [1.165, 1.54) is 0 Å². The summed E-state index contributed by atoms with van der Waals surface area (Å²) in [6.07, 6.45) is 3.88. The second-order valence-electron chi connectivity index (χ2n) is 5.14. The minimum absolute atomic E-state index is 0.00832. The molecule has 3 rings (SSSR count). The molecule has 0 amide bonds. The highest BCUT2D eigenvalue weighted by atomic mass is 16.5. The number of hydrogen-bond donors (Lipinski definition) is 1. The summed E-state index contributed by atoms with van der Waals surface area (Å²) in [6.45, 7) is 1.27. The molecule has 2 heterocycles. The van der Waals surface area contributed by atoms with Gasteiger partial charge in [0.05, 0.1) is 12.5 Å². The van der Waals surface area contributed by atoms with Gasteiger partial charge in [-0.3, -0.25) is 0 Å². The zero-order valence-electron chi connectivity index (χ0n) is 10.6. The van der Waals surface area contributed by atoms with Crippen LogP contribution in [0.2, 0.25) is 0 Å². The smallest absolute Gasteiger partial charge is 0.233 e. The molecule has 0 aromatic carbocycles. The van der Waals surface area contributed by atoms with Crippen molar-refractivity contribution in [2.75, 3.05) is 20.3 Å². The number of hydrogen-bond acceptors (Lipinski definition) is 6. The fraction of sp³-hybridized carbons (Fsp3) is 0.833. The summed E-state index contributed by atoms with van der Waals surface area (Å²) in [5.74, 6) is 1.25. The molecule has 1 saturated heterocycles. The van der Waals surface area contributed by atoms with E-state index in [1.807, 2.05) is 0 Å². The average Bonchev–Trinajstić information content (AvgIpc) is 2.79. The van der Waals surface area contributed by atoms with Crippen molar-refractivity contribution in [3.8, 4) is 0 Å². The fourth-order valence-corrected chi connectivity index (χ4v) is 2.60. The second-order valence-corrected chi connectivity index (χ2v) is 5.14. The Kier molecular flexibility index (Phi) is 3.09. The largest absolute Gasteiger partial charge is 0.381 e. The number of nitrogens with two attached hydrogens (primary N) is 1. The van der Waals surface area contributed by atoms with Gasteiger partial charge < -0.3 is 19.7 Å². The van der Waals surface area contributed by atoms with E-state index in [-0.39, 0.29) is 17.6 Å². The van der Waals surface area contributed by atoms with Crippen molar-refractivity contribution in [3.05, 3.63) is 11.7 Å². The summed E-state index contributed by atoms with van der Waals surface area (Å²) < 4.78 is 16.3. The van der Waals surface area contributed by atoms with Crippen LogP contribution in [0.15, 0.2) is 4.52 Å². The van der Waals surface area contributed by atoms with Crippen LogP contribution in [0.3, 0.4) is 0 Å². The molecule has 0 radical (unpaired) electrons. The van der Waals surface area contributed by atoms with E-state index < -0.39 is 0 Å². The molecule has 1 aromatic rings. The van der Waals surface area contributed by atoms with Crippen LogP contribution in [0.1, 0.15) is 43.3 Å². The van der Waals surface area contributed by atoms with E-state index in [0.717, 1.165) is 25.7 Å². The van der Waals surface area contributed by atoms with Gasteiger partial charge in [-0.1, -0.05) is 5.16 Å². The summed E-state index contributed by atoms with van der Waals surface area (Å²) >= 11 is 0. The van der Waals surface area contributed by atoms with Crippen LogP contribution >= 0.6 is 0 Å². The summed E-state index contributed by atoms with van der Waals surface area (Å²) in [4.78, 5) is 4.49. The minimum Gasteiger partial charge on any atom is -0.381 e. The number of rotatable bonds is 3. The van der Waals surface area contributed by atoms with Gasteiger partial charge in [-0.05, 0) is 25.7 Å². The van der Waals surface area contributed by atoms with Crippen LogP contribution in [-0.2, 0) is 15.1 Å². The second kappa shape index (κ2) is 4.60. The normalized spacial score (nSPS) is 31.0. The molecule has 2 aliphatic rings. The molecule has 6 heteroatoms. The fourth-order valence-electron chi connectivity index (χ4n) is 2.60. The third-order valence-corrected chi connectivity index (χ3v) is 4.13. The summed E-state index contributed by atoms with van der Waals surface area (Å²) in [5, 5.41) is 4.07. The lowest BCUT2D eigenvalue weighted by atomic mass is 9.79. The summed E-state index contributed by atoms with van der Waals surface area (Å²) in [5.41, 5.74) is 5.74. The molecule has 2 fully saturated rings. The Balaban J connectivity index is 1.80. The molecule has 1 aliphatic carbocycles. The maximum atomic E-state index is 6.07. The van der Waals surface area contributed by atoms with Gasteiger partial charge in [-0.2, -0.15) is 4.98 Å². The predicted molar refractivity (Wildman–Crippen MR) is 63.0 cm³/mol. The molecule has 2 N–H and O–H groups in total. The van der Waals surface area contributed by atoms with Crippen LogP contribution in [-0.4, -0.2) is 36.5 Å². The molecule has 100 valence electrons. The van der Waals surface area contributed by atoms with E-state index in [4.69, 9.17) is 19.7 Å². The maximum absolute atomic E-state index is 6.07. The highest BCUT2D eigenvalue weighted by molar-refractivity contribution is 5.09. The zero-order valence-corrected chi connectivity index (χ0v) is 10.6. The van der Waals surface area contributed by atoms with Crippen molar-refractivity contribution in [2.45, 2.75) is 43.2 Å². The van der Waals surface area contributed by atoms with E-state index in [1.54, 1.807) is 7.11 Å². The Hall–Kier alpha value is -0.980. The topological polar surface area (TPSA) is 83.4 Å². The monoisotopic (exact) mass is 253 g/mol. The Bertz CT molecular complexity index is 411. The average molecular weight is 253 g/mol. The first-order chi connectivity index (χ1) is 8.75. The number of methoxy groups -OCH3 is 1. The summed E-state index contributed by atoms with van der Waals surface area (Å²) in [7, 11) is 1.70. The lowest BCUT2D eigenvalue weighted by molar-refractivity contribution is -0.0858. The molecule has 1 aromatic heterocycles. The Morgan fingerprint density at radius 2 is 2.28 bits per heavy atom. The van der Waals surface area contributed by atoms with Gasteiger partial charge in [0, 0.05) is 19.8 Å². The molecule has 0 spiro atoms. The first-order valence-corrected chi connectivity index (χ1v) is 6.48. The molecule has 1 saturated carbocycles. The molecule has 6 nitrogen and oxygen atoms in total. The van der Waals surface area contributed by atoms with Gasteiger partial charge in [0.2, 0.25) is 11.7 Å². The van der Waals surface area contributed by atoms with E-state index in [2.05, 4.69) is 10.1 Å². The molecule has 2 unspecified atom stereocenters. The van der Waals surface area contributed by atoms with Crippen molar-refractivity contribution in [1.29, 1.82) is 0 Å². The van der Waals surface area contributed by atoms with Gasteiger partial charge in [-0.25, -0.2) is 0 Å². The molecule has 18 heavy (non-hydrogen) atoms. The van der Waals surface area contributed by atoms with Gasteiger partial charge >= 0.3 is 0 Å². The highest BCUT2D eigenvalue weighted by Crippen LogP contribution is 2.43. The highest BCUT2D eigenvalue weighted by Gasteiger charge is 2.44. The number of aromatic nitrogens is 2. The molecular weight excluding hydrogens is 234 g/mol. The van der Waals surface area contributed by atoms with Crippen molar-refractivity contribution in [1.82, 2.24) is 10.1 Å². The minimum atomic E-state index is -0.332. The third kappa shape index (κ3) is 1.84. The quantitative estimate of drug-likeness (QED) is 0.862. The Morgan fingerprint density at radius 1 is 1.44 bits per heavy atom. The SMILES string of the molecule is COC1(c2noc(C3COCCC3N)n2)CCC1. The van der Waals surface area contributed by atoms with Gasteiger partial charge in [-0.15, -0.1) is 0 Å². The number of nitrogens with zero attached hydrogens (tertiary/aromatic N) is 2. The Labute approximate surface area is 106 Å². The van der Waals surface area contributed by atoms with Crippen molar-refractivity contribution < 1.29 is 14.0 Å². The number of ether oxygens (including phenoxy) is 2. The summed E-state index contributed by atoms with van der Waals surface area (Å²) in [6, 6.07) is 0.0342. The maximum Gasteiger partial charge on any atom is 0.233 e. The molecule has 2 atom stereocenters. The van der Waals surface area contributed by atoms with Gasteiger partial charge in [0.15, 0.2) is 0 Å². The first kappa shape index (κ1) is 12.1. The van der Waals surface area contributed by atoms with Crippen LogP contribution in [0.5, 0.6) is 0 Å². The van der Waals surface area contributed by atoms with Crippen LogP contribution in [0, 0.1) is 0 Å². The zero-order chi connectivity index (χ0) is 12.6. The first-order valence-electron chi connectivity index (χ1n) is 6.48. The van der Waals surface area contributed by atoms with Gasteiger partial charge in [0.1, 0.15) is 5.60 Å². The van der Waals surface area contributed by atoms with Crippen molar-refractivity contribution in [3.63, 3.8) is 0 Å². The van der Waals surface area contributed by atoms with E-state index in [0.29, 0.717) is 24.9 Å². The predicted octanol–water partition coefficient (Wildman–Crippen LogP) is 0.926. The molecule has 0 bridgehead atoms. The molecular formula is C12H19N3O3. The Morgan fingerprint density at radius 3 is 2.89 bits per heavy atom. The van der Waals surface area contributed by atoms with Crippen LogP contribution < -0.4 is 5.73 Å². The van der Waals surface area contributed by atoms with Crippen LogP contribution in [0.4, 0.5) is 0 Å². The lowest BCUT2D eigenvalue weighted by Crippen LogP contribution is -2.38. The van der Waals surface area contributed by atoms with Crippen molar-refractivity contribution >= 4 is 0 Å². The van der Waals surface area contributed by atoms with Crippen LogP contribution in [0.25, 0.3) is 0 Å². The van der Waals surface area contributed by atoms with E-state index >= 15 is 0 Å². The lowest BCUT2D eigenvalue weighted by Gasteiger charge is -2.37. The third-order valence-electron chi connectivity index (χ3n) is 4.13. The standard InChI is InChI=1S/C12H19N3O3/c1-16-12(4-2-5-12)11-14-10(18-15-11)8-7-17-6-3-9(8)13/h8-9H,2-7,13H2,1H3. The van der Waals surface area contributed by atoms with E-state index in [9.17, 15) is 0 Å². The van der Waals surface area contributed by atoms with Crippen molar-refractivity contribution in [2.24, 2.45) is 5.73 Å². The molecule has 1 aliphatic heterocycles. The van der Waals surface area contributed by atoms with Gasteiger partial charge in [0.25, 0.3) is 0 Å².